The Kier molecular flexibility index (Phi) is 7.51. The van der Waals surface area contributed by atoms with E-state index in [0.29, 0.717) is 13.0 Å². The first-order valence-corrected chi connectivity index (χ1v) is 6.20. The summed E-state index contributed by atoms with van der Waals surface area (Å²) in [6.45, 7) is -4.28. The Bertz CT molecular complexity index is 436. The van der Waals surface area contributed by atoms with Crippen LogP contribution < -0.4 is 61.6 Å². The molecule has 1 aliphatic heterocycles. The second-order valence-corrected chi connectivity index (χ2v) is 4.53. The minimum atomic E-state index is -5.32. The molecule has 0 spiro atoms. The van der Waals surface area contributed by atoms with Gasteiger partial charge in [0, 0.05) is 19.1 Å². The number of hydrogen-bond acceptors (Lipinski definition) is 2. The fraction of sp³-hybridized carbons (Fsp3) is 0.500. The Balaban J connectivity index is 0.00000200. The van der Waals surface area contributed by atoms with Gasteiger partial charge in [0.1, 0.15) is 5.75 Å². The maximum atomic E-state index is 13.3. The van der Waals surface area contributed by atoms with Crippen LogP contribution >= 0.6 is 0 Å². The third-order valence-corrected chi connectivity index (χ3v) is 3.06. The molecule has 1 unspecified atom stereocenters. The number of rotatable bonds is 5. The molecule has 1 saturated heterocycles. The van der Waals surface area contributed by atoms with Gasteiger partial charge in [-0.25, -0.2) is 4.39 Å². The van der Waals surface area contributed by atoms with Crippen molar-refractivity contribution in [2.45, 2.75) is 25.4 Å². The monoisotopic (exact) mass is 316 g/mol. The Morgan fingerprint density at radius 2 is 2.05 bits per heavy atom. The van der Waals surface area contributed by atoms with Gasteiger partial charge in [-0.2, -0.15) is 0 Å². The van der Waals surface area contributed by atoms with Gasteiger partial charge < -0.3 is 22.4 Å². The van der Waals surface area contributed by atoms with E-state index in [4.69, 9.17) is 9.47 Å². The zero-order valence-corrected chi connectivity index (χ0v) is 14.4. The van der Waals surface area contributed by atoms with Crippen molar-refractivity contribution in [2.24, 2.45) is 0 Å². The van der Waals surface area contributed by atoms with Gasteiger partial charge >= 0.3 is 58.4 Å². The van der Waals surface area contributed by atoms with Crippen LogP contribution in [-0.4, -0.2) is 26.3 Å². The first-order chi connectivity index (χ1) is 8.97. The van der Waals surface area contributed by atoms with Crippen molar-refractivity contribution in [3.05, 3.63) is 24.0 Å². The van der Waals surface area contributed by atoms with Gasteiger partial charge in [0.2, 0.25) is 0 Å². The molecule has 106 valence electrons. The standard InChI is InChI=1S/C12H14BF4O2.K/c14-12-8-10(3-4-11(12)13(15,16)17)19-7-5-9-2-1-6-18-9;/h3-4,8-9H,1-2,5-7H2;/q-1;+1. The minimum absolute atomic E-state index is 0. The molecule has 1 aliphatic rings. The summed E-state index contributed by atoms with van der Waals surface area (Å²) < 4.78 is 61.1. The average molecular weight is 316 g/mol. The van der Waals surface area contributed by atoms with Crippen molar-refractivity contribution >= 4 is 12.4 Å². The van der Waals surface area contributed by atoms with Crippen LogP contribution in [0.15, 0.2) is 18.2 Å². The molecule has 20 heavy (non-hydrogen) atoms. The summed E-state index contributed by atoms with van der Waals surface area (Å²) in [5, 5.41) is 0. The van der Waals surface area contributed by atoms with Gasteiger partial charge in [-0.05, 0) is 18.9 Å². The fourth-order valence-electron chi connectivity index (χ4n) is 2.04. The van der Waals surface area contributed by atoms with E-state index in [2.05, 4.69) is 0 Å². The molecule has 1 atom stereocenters. The Labute approximate surface area is 157 Å². The van der Waals surface area contributed by atoms with Crippen LogP contribution in [0.5, 0.6) is 5.75 Å². The SMILES string of the molecule is Fc1cc(OCCC2CCCO2)ccc1[B-](F)(F)F.[K+]. The molecule has 2 rings (SSSR count). The van der Waals surface area contributed by atoms with E-state index in [9.17, 15) is 17.3 Å². The van der Waals surface area contributed by atoms with Crippen LogP contribution in [0.1, 0.15) is 19.3 Å². The third kappa shape index (κ3) is 5.31. The molecule has 0 radical (unpaired) electrons. The molecular formula is C12H14BF4KO2. The van der Waals surface area contributed by atoms with Gasteiger partial charge in [0.15, 0.2) is 0 Å². The van der Waals surface area contributed by atoms with Crippen molar-refractivity contribution in [3.8, 4) is 5.75 Å². The van der Waals surface area contributed by atoms with E-state index in [1.54, 1.807) is 0 Å². The van der Waals surface area contributed by atoms with Crippen LogP contribution in [0.4, 0.5) is 17.3 Å². The molecule has 1 aromatic carbocycles. The largest absolute Gasteiger partial charge is 1.00 e. The molecule has 0 saturated carbocycles. The van der Waals surface area contributed by atoms with Crippen molar-refractivity contribution in [1.29, 1.82) is 0 Å². The van der Waals surface area contributed by atoms with Crippen LogP contribution in [0.3, 0.4) is 0 Å². The molecule has 0 bridgehead atoms. The molecular weight excluding hydrogens is 302 g/mol. The number of benzene rings is 1. The van der Waals surface area contributed by atoms with Crippen molar-refractivity contribution in [3.63, 3.8) is 0 Å². The first kappa shape index (κ1) is 18.5. The minimum Gasteiger partial charge on any atom is -0.493 e. The van der Waals surface area contributed by atoms with Gasteiger partial charge in [-0.15, -0.1) is 0 Å². The van der Waals surface area contributed by atoms with Crippen LogP contribution in [0, 0.1) is 5.82 Å². The Hall–Kier alpha value is 0.401. The maximum Gasteiger partial charge on any atom is 1.00 e. The van der Waals surface area contributed by atoms with E-state index >= 15 is 0 Å². The molecule has 1 aromatic rings. The van der Waals surface area contributed by atoms with Gasteiger partial charge in [-0.3, -0.25) is 0 Å². The van der Waals surface area contributed by atoms with Crippen LogP contribution in [0.25, 0.3) is 0 Å². The van der Waals surface area contributed by atoms with Crippen molar-refractivity contribution in [2.75, 3.05) is 13.2 Å². The normalized spacial score (nSPS) is 18.7. The summed E-state index contributed by atoms with van der Waals surface area (Å²) in [6, 6.07) is 2.64. The molecule has 8 heteroatoms. The Morgan fingerprint density at radius 3 is 2.60 bits per heavy atom. The quantitative estimate of drug-likeness (QED) is 0.555. The second-order valence-electron chi connectivity index (χ2n) is 4.53. The maximum absolute atomic E-state index is 13.3. The summed E-state index contributed by atoms with van der Waals surface area (Å²) in [4.78, 5) is 0. The predicted molar refractivity (Wildman–Crippen MR) is 64.2 cm³/mol. The summed E-state index contributed by atoms with van der Waals surface area (Å²) in [5.41, 5.74) is -1.22. The number of ether oxygens (including phenoxy) is 2. The topological polar surface area (TPSA) is 18.5 Å². The zero-order chi connectivity index (χ0) is 13.9. The van der Waals surface area contributed by atoms with E-state index < -0.39 is 18.3 Å². The van der Waals surface area contributed by atoms with Gasteiger partial charge in [0.25, 0.3) is 0 Å². The third-order valence-electron chi connectivity index (χ3n) is 3.06. The van der Waals surface area contributed by atoms with E-state index in [1.807, 2.05) is 0 Å². The van der Waals surface area contributed by atoms with Crippen LogP contribution in [-0.2, 0) is 4.74 Å². The summed E-state index contributed by atoms with van der Waals surface area (Å²) >= 11 is 0. The molecule has 0 aliphatic carbocycles. The molecule has 1 fully saturated rings. The molecule has 2 nitrogen and oxygen atoms in total. The van der Waals surface area contributed by atoms with Crippen molar-refractivity contribution < 1.29 is 78.2 Å². The summed E-state index contributed by atoms with van der Waals surface area (Å²) in [7, 11) is 0. The second kappa shape index (κ2) is 8.14. The van der Waals surface area contributed by atoms with E-state index in [0.717, 1.165) is 37.6 Å². The summed E-state index contributed by atoms with van der Waals surface area (Å²) in [6.07, 6.45) is 2.78. The Morgan fingerprint density at radius 1 is 1.30 bits per heavy atom. The number of halogens is 4. The van der Waals surface area contributed by atoms with Gasteiger partial charge in [0.05, 0.1) is 18.5 Å². The average Bonchev–Trinajstić information content (AvgIpc) is 2.80. The van der Waals surface area contributed by atoms with Crippen LogP contribution in [0.2, 0.25) is 0 Å². The molecule has 0 N–H and O–H groups in total. The summed E-state index contributed by atoms with van der Waals surface area (Å²) in [5.74, 6) is -1.18. The zero-order valence-electron chi connectivity index (χ0n) is 11.3. The fourth-order valence-corrected chi connectivity index (χ4v) is 2.04. The predicted octanol–water partition coefficient (Wildman–Crippen LogP) is -0.168. The number of hydrogen-bond donors (Lipinski definition) is 0. The van der Waals surface area contributed by atoms with Crippen molar-refractivity contribution in [1.82, 2.24) is 0 Å². The molecule has 0 amide bonds. The van der Waals surface area contributed by atoms with E-state index in [1.165, 1.54) is 0 Å². The smallest absolute Gasteiger partial charge is 0.493 e. The van der Waals surface area contributed by atoms with E-state index in [-0.39, 0.29) is 63.2 Å². The molecule has 0 aromatic heterocycles. The van der Waals surface area contributed by atoms with Gasteiger partial charge in [-0.1, -0.05) is 11.5 Å². The first-order valence-electron chi connectivity index (χ1n) is 6.20. The molecule has 1 heterocycles.